The Morgan fingerprint density at radius 2 is 1.77 bits per heavy atom. The lowest BCUT2D eigenvalue weighted by Gasteiger charge is -2.21. The van der Waals surface area contributed by atoms with Crippen LogP contribution in [-0.4, -0.2) is 22.4 Å². The van der Waals surface area contributed by atoms with E-state index in [4.69, 9.17) is 0 Å². The molecular formula is C21H22N4O. The van der Waals surface area contributed by atoms with Gasteiger partial charge >= 0.3 is 0 Å². The Kier molecular flexibility index (Phi) is 5.27. The summed E-state index contributed by atoms with van der Waals surface area (Å²) in [6.07, 6.45) is 1.60. The molecule has 0 bridgehead atoms. The number of aryl methyl sites for hydroxylation is 2. The van der Waals surface area contributed by atoms with Gasteiger partial charge in [-0.15, -0.1) is 0 Å². The second kappa shape index (κ2) is 7.78. The van der Waals surface area contributed by atoms with Crippen molar-refractivity contribution in [1.82, 2.24) is 9.97 Å². The summed E-state index contributed by atoms with van der Waals surface area (Å²) in [5.74, 6) is 0.259. The van der Waals surface area contributed by atoms with Crippen molar-refractivity contribution in [1.29, 1.82) is 0 Å². The molecule has 0 aliphatic carbocycles. The topological polar surface area (TPSA) is 58.1 Å². The summed E-state index contributed by atoms with van der Waals surface area (Å²) in [7, 11) is 0. The maximum atomic E-state index is 13.0. The first kappa shape index (κ1) is 17.6. The fourth-order valence-electron chi connectivity index (χ4n) is 2.77. The molecule has 0 saturated heterocycles. The SMILES string of the molecule is CCN(C(=O)c1ccnc(Nc2cccc(C)c2)n1)c1cccc(C)c1. The van der Waals surface area contributed by atoms with Crippen LogP contribution in [0.3, 0.4) is 0 Å². The van der Waals surface area contributed by atoms with Gasteiger partial charge in [0.25, 0.3) is 5.91 Å². The minimum absolute atomic E-state index is 0.146. The van der Waals surface area contributed by atoms with E-state index in [-0.39, 0.29) is 5.91 Å². The number of hydrogen-bond donors (Lipinski definition) is 1. The molecule has 2 aromatic carbocycles. The van der Waals surface area contributed by atoms with Crippen LogP contribution in [0.1, 0.15) is 28.5 Å². The number of aromatic nitrogens is 2. The number of carbonyl (C=O) groups excluding carboxylic acids is 1. The van der Waals surface area contributed by atoms with Gasteiger partial charge in [0, 0.05) is 24.1 Å². The molecule has 0 unspecified atom stereocenters. The summed E-state index contributed by atoms with van der Waals surface area (Å²) in [5, 5.41) is 3.15. The van der Waals surface area contributed by atoms with Crippen molar-refractivity contribution < 1.29 is 4.79 Å². The Bertz CT molecular complexity index is 923. The van der Waals surface area contributed by atoms with Crippen LogP contribution < -0.4 is 10.2 Å². The van der Waals surface area contributed by atoms with Gasteiger partial charge in [0.2, 0.25) is 5.95 Å². The predicted octanol–water partition coefficient (Wildman–Crippen LogP) is 4.50. The van der Waals surface area contributed by atoms with Crippen LogP contribution >= 0.6 is 0 Å². The zero-order valence-corrected chi connectivity index (χ0v) is 15.2. The second-order valence-corrected chi connectivity index (χ2v) is 6.15. The van der Waals surface area contributed by atoms with Crippen LogP contribution in [-0.2, 0) is 0 Å². The molecule has 1 amide bonds. The van der Waals surface area contributed by atoms with Crippen LogP contribution in [0, 0.1) is 13.8 Å². The van der Waals surface area contributed by atoms with Gasteiger partial charge in [0.1, 0.15) is 5.69 Å². The fourth-order valence-corrected chi connectivity index (χ4v) is 2.77. The van der Waals surface area contributed by atoms with Crippen LogP contribution in [0.25, 0.3) is 0 Å². The zero-order chi connectivity index (χ0) is 18.5. The summed E-state index contributed by atoms with van der Waals surface area (Å²) >= 11 is 0. The summed E-state index contributed by atoms with van der Waals surface area (Å²) in [6.45, 7) is 6.55. The monoisotopic (exact) mass is 346 g/mol. The average Bonchev–Trinajstić information content (AvgIpc) is 2.62. The molecule has 3 rings (SSSR count). The molecule has 0 spiro atoms. The van der Waals surface area contributed by atoms with E-state index in [1.807, 2.05) is 69.3 Å². The summed E-state index contributed by atoms with van der Waals surface area (Å²) < 4.78 is 0. The van der Waals surface area contributed by atoms with Crippen LogP contribution in [0.15, 0.2) is 60.8 Å². The van der Waals surface area contributed by atoms with Gasteiger partial charge in [-0.1, -0.05) is 24.3 Å². The third-order valence-corrected chi connectivity index (χ3v) is 4.02. The van der Waals surface area contributed by atoms with E-state index in [9.17, 15) is 4.79 Å². The molecule has 0 aliphatic heterocycles. The van der Waals surface area contributed by atoms with Crippen molar-refractivity contribution in [3.8, 4) is 0 Å². The molecule has 1 heterocycles. The highest BCUT2D eigenvalue weighted by atomic mass is 16.2. The fraction of sp³-hybridized carbons (Fsp3) is 0.190. The minimum Gasteiger partial charge on any atom is -0.324 e. The third kappa shape index (κ3) is 4.06. The van der Waals surface area contributed by atoms with Crippen molar-refractivity contribution in [3.63, 3.8) is 0 Å². The molecule has 3 aromatic rings. The Morgan fingerprint density at radius 3 is 2.46 bits per heavy atom. The van der Waals surface area contributed by atoms with Crippen molar-refractivity contribution in [2.45, 2.75) is 20.8 Å². The lowest BCUT2D eigenvalue weighted by atomic mass is 10.2. The second-order valence-electron chi connectivity index (χ2n) is 6.15. The molecule has 0 saturated carbocycles. The maximum absolute atomic E-state index is 13.0. The van der Waals surface area contributed by atoms with Crippen molar-refractivity contribution >= 4 is 23.2 Å². The molecule has 0 aliphatic rings. The van der Waals surface area contributed by atoms with Gasteiger partial charge in [-0.05, 0) is 62.2 Å². The molecule has 5 nitrogen and oxygen atoms in total. The summed E-state index contributed by atoms with van der Waals surface area (Å²) in [5.41, 5.74) is 4.36. The highest BCUT2D eigenvalue weighted by Gasteiger charge is 2.18. The van der Waals surface area contributed by atoms with Crippen molar-refractivity contribution in [2.75, 3.05) is 16.8 Å². The highest BCUT2D eigenvalue weighted by molar-refractivity contribution is 6.04. The molecule has 1 aromatic heterocycles. The van der Waals surface area contributed by atoms with Crippen molar-refractivity contribution in [3.05, 3.63) is 77.6 Å². The van der Waals surface area contributed by atoms with Crippen LogP contribution in [0.5, 0.6) is 0 Å². The van der Waals surface area contributed by atoms with Crippen molar-refractivity contribution in [2.24, 2.45) is 0 Å². The largest absolute Gasteiger partial charge is 0.324 e. The Balaban J connectivity index is 1.85. The zero-order valence-electron chi connectivity index (χ0n) is 15.2. The van der Waals surface area contributed by atoms with E-state index >= 15 is 0 Å². The number of hydrogen-bond acceptors (Lipinski definition) is 4. The van der Waals surface area contributed by atoms with E-state index in [1.165, 1.54) is 0 Å². The quantitative estimate of drug-likeness (QED) is 0.739. The average molecular weight is 346 g/mol. The summed E-state index contributed by atoms with van der Waals surface area (Å²) in [6, 6.07) is 17.5. The molecule has 1 N–H and O–H groups in total. The maximum Gasteiger partial charge on any atom is 0.277 e. The van der Waals surface area contributed by atoms with Gasteiger partial charge in [-0.25, -0.2) is 9.97 Å². The van der Waals surface area contributed by atoms with Gasteiger partial charge in [0.15, 0.2) is 0 Å². The normalized spacial score (nSPS) is 10.4. The standard InChI is InChI=1S/C21H22N4O/c1-4-25(18-10-6-8-16(3)14-18)20(26)19-11-12-22-21(24-19)23-17-9-5-7-15(2)13-17/h5-14H,4H2,1-3H3,(H,22,23,24). The summed E-state index contributed by atoms with van der Waals surface area (Å²) in [4.78, 5) is 23.3. The number of amides is 1. The van der Waals surface area contributed by atoms with Gasteiger partial charge in [-0.3, -0.25) is 4.79 Å². The number of rotatable bonds is 5. The highest BCUT2D eigenvalue weighted by Crippen LogP contribution is 2.19. The Labute approximate surface area is 153 Å². The van der Waals surface area contributed by atoms with E-state index in [0.29, 0.717) is 18.2 Å². The van der Waals surface area contributed by atoms with E-state index < -0.39 is 0 Å². The molecule has 5 heteroatoms. The van der Waals surface area contributed by atoms with Crippen LogP contribution in [0.4, 0.5) is 17.3 Å². The first-order valence-corrected chi connectivity index (χ1v) is 8.62. The molecular weight excluding hydrogens is 324 g/mol. The minimum atomic E-state index is -0.146. The molecule has 0 fully saturated rings. The molecule has 0 atom stereocenters. The third-order valence-electron chi connectivity index (χ3n) is 4.02. The Morgan fingerprint density at radius 1 is 1.04 bits per heavy atom. The number of benzene rings is 2. The van der Waals surface area contributed by atoms with Gasteiger partial charge < -0.3 is 10.2 Å². The predicted molar refractivity (Wildman–Crippen MR) is 105 cm³/mol. The number of carbonyl (C=O) groups is 1. The van der Waals surface area contributed by atoms with Gasteiger partial charge in [-0.2, -0.15) is 0 Å². The lowest BCUT2D eigenvalue weighted by Crippen LogP contribution is -2.31. The van der Waals surface area contributed by atoms with E-state index in [2.05, 4.69) is 15.3 Å². The van der Waals surface area contributed by atoms with Gasteiger partial charge in [0.05, 0.1) is 0 Å². The first-order valence-electron chi connectivity index (χ1n) is 8.62. The van der Waals surface area contributed by atoms with E-state index in [0.717, 1.165) is 22.5 Å². The lowest BCUT2D eigenvalue weighted by molar-refractivity contribution is 0.0983. The Hall–Kier alpha value is -3.21. The molecule has 132 valence electrons. The first-order chi connectivity index (χ1) is 12.6. The molecule has 26 heavy (non-hydrogen) atoms. The number of nitrogens with one attached hydrogen (secondary N) is 1. The number of nitrogens with zero attached hydrogens (tertiary/aromatic N) is 3. The number of anilines is 3. The molecule has 0 radical (unpaired) electrons. The van der Waals surface area contributed by atoms with Crippen LogP contribution in [0.2, 0.25) is 0 Å². The van der Waals surface area contributed by atoms with E-state index in [1.54, 1.807) is 17.2 Å². The smallest absolute Gasteiger partial charge is 0.277 e.